The second kappa shape index (κ2) is 33.1. The zero-order valence-electron chi connectivity index (χ0n) is 38.2. The van der Waals surface area contributed by atoms with E-state index in [1.807, 2.05) is 74.5 Å². The highest BCUT2D eigenvalue weighted by Crippen LogP contribution is 2.17. The first kappa shape index (κ1) is 53.0. The number of amides is 1. The van der Waals surface area contributed by atoms with Crippen LogP contribution >= 0.6 is 0 Å². The van der Waals surface area contributed by atoms with Crippen LogP contribution in [-0.4, -0.2) is 11.7 Å². The lowest BCUT2D eigenvalue weighted by molar-refractivity contribution is 0.101. The quantitative estimate of drug-likeness (QED) is 0.0637. The summed E-state index contributed by atoms with van der Waals surface area (Å²) in [5, 5.41) is 6.03. The highest BCUT2D eigenvalue weighted by Gasteiger charge is 2.06. The Hall–Kier alpha value is -4.96. The summed E-state index contributed by atoms with van der Waals surface area (Å²) in [6.45, 7) is 32.3. The number of carbonyl (C=O) groups excluding carboxylic acids is 2. The van der Waals surface area contributed by atoms with Crippen LogP contribution in [0.1, 0.15) is 162 Å². The van der Waals surface area contributed by atoms with Gasteiger partial charge in [-0.25, -0.2) is 0 Å². The van der Waals surface area contributed by atoms with Crippen molar-refractivity contribution in [3.63, 3.8) is 0 Å². The van der Waals surface area contributed by atoms with Crippen molar-refractivity contribution in [2.75, 3.05) is 10.6 Å². The molecule has 1 amide bonds. The van der Waals surface area contributed by atoms with Crippen LogP contribution in [0.2, 0.25) is 0 Å². The van der Waals surface area contributed by atoms with Crippen LogP contribution in [0.4, 0.5) is 11.4 Å². The fourth-order valence-electron chi connectivity index (χ4n) is 5.23. The third-order valence-electron chi connectivity index (χ3n) is 9.01. The van der Waals surface area contributed by atoms with Gasteiger partial charge in [-0.3, -0.25) is 9.59 Å². The average Bonchev–Trinajstić information content (AvgIpc) is 3.20. The fraction of sp³-hybridized carbons (Fsp3) is 0.407. The Labute approximate surface area is 355 Å². The first-order chi connectivity index (χ1) is 27.6. The van der Waals surface area contributed by atoms with E-state index >= 15 is 0 Å². The van der Waals surface area contributed by atoms with Crippen LogP contribution in [0, 0.1) is 20.8 Å². The molecule has 4 rings (SSSR count). The highest BCUT2D eigenvalue weighted by molar-refractivity contribution is 6.04. The van der Waals surface area contributed by atoms with Gasteiger partial charge in [-0.1, -0.05) is 181 Å². The van der Waals surface area contributed by atoms with Crippen molar-refractivity contribution in [1.29, 1.82) is 0 Å². The number of hydrogen-bond donors (Lipinski definition) is 2. The molecule has 0 radical (unpaired) electrons. The first-order valence-electron chi connectivity index (χ1n) is 21.5. The maximum Gasteiger partial charge on any atom is 0.255 e. The molecule has 0 unspecified atom stereocenters. The van der Waals surface area contributed by atoms with Gasteiger partial charge in [0, 0.05) is 28.2 Å². The lowest BCUT2D eigenvalue weighted by atomic mass is 10.0. The molecule has 0 fully saturated rings. The van der Waals surface area contributed by atoms with Crippen molar-refractivity contribution in [1.82, 2.24) is 0 Å². The number of ketones is 1. The summed E-state index contributed by atoms with van der Waals surface area (Å²) in [5.41, 5.74) is 11.5. The molecule has 0 aliphatic carbocycles. The van der Waals surface area contributed by atoms with Gasteiger partial charge in [0.05, 0.1) is 0 Å². The van der Waals surface area contributed by atoms with Crippen molar-refractivity contribution in [2.24, 2.45) is 0 Å². The topological polar surface area (TPSA) is 58.2 Å². The molecule has 0 heterocycles. The summed E-state index contributed by atoms with van der Waals surface area (Å²) in [5.74, 6) is 0.00240. The Morgan fingerprint density at radius 3 is 1.31 bits per heavy atom. The second-order valence-corrected chi connectivity index (χ2v) is 15.3. The maximum absolute atomic E-state index is 12.3. The van der Waals surface area contributed by atoms with Crippen LogP contribution in [0.15, 0.2) is 134 Å². The summed E-state index contributed by atoms with van der Waals surface area (Å²) in [7, 11) is 0. The third-order valence-corrected chi connectivity index (χ3v) is 9.01. The molecule has 58 heavy (non-hydrogen) atoms. The number of nitrogens with one attached hydrogen (secondary N) is 2. The number of rotatable bonds is 17. The van der Waals surface area contributed by atoms with Crippen molar-refractivity contribution in [3.05, 3.63) is 167 Å². The predicted octanol–water partition coefficient (Wildman–Crippen LogP) is 16.4. The summed E-state index contributed by atoms with van der Waals surface area (Å²) < 4.78 is 0. The van der Waals surface area contributed by atoms with Gasteiger partial charge in [0.1, 0.15) is 0 Å². The van der Waals surface area contributed by atoms with Crippen molar-refractivity contribution >= 4 is 23.1 Å². The molecule has 0 aromatic heterocycles. The Morgan fingerprint density at radius 2 is 0.897 bits per heavy atom. The fourth-order valence-corrected chi connectivity index (χ4v) is 5.23. The smallest absolute Gasteiger partial charge is 0.255 e. The molecule has 2 N–H and O–H groups in total. The van der Waals surface area contributed by atoms with Gasteiger partial charge in [-0.05, 0) is 109 Å². The van der Waals surface area contributed by atoms with Crippen LogP contribution in [0.5, 0.6) is 0 Å². The number of hydrogen-bond acceptors (Lipinski definition) is 3. The van der Waals surface area contributed by atoms with E-state index in [2.05, 4.69) is 103 Å². The van der Waals surface area contributed by atoms with E-state index in [9.17, 15) is 9.59 Å². The van der Waals surface area contributed by atoms with Crippen LogP contribution in [0.3, 0.4) is 0 Å². The molecule has 0 atom stereocenters. The highest BCUT2D eigenvalue weighted by atomic mass is 16.1. The normalized spacial score (nSPS) is 9.69. The van der Waals surface area contributed by atoms with Gasteiger partial charge in [0.2, 0.25) is 0 Å². The van der Waals surface area contributed by atoms with E-state index in [1.165, 1.54) is 97.6 Å². The maximum atomic E-state index is 12.3. The van der Waals surface area contributed by atoms with Crippen molar-refractivity contribution in [2.45, 2.75) is 146 Å². The molecule has 316 valence electrons. The van der Waals surface area contributed by atoms with Gasteiger partial charge < -0.3 is 10.6 Å². The van der Waals surface area contributed by atoms with Gasteiger partial charge in [-0.2, -0.15) is 0 Å². The standard InChI is InChI=1S/C21H24N2O.C10H20.C9H10O.C8H10.C6H14/c1-5-16(4)14-17-6-10-20(11-7-17)23-21(24)18-8-12-19(13-9-18)22-15(2)3;1-4-5-6-7-8-9-10(2)3;1-7-3-5-9(6-4-7)8(2)10;1-7-3-5-8(2)6-4-7;1-3-5-6-4-2/h6-13,22H,2,4-5,14H2,1,3H3,(H,23,24);2,4-9H2,1,3H3;3-6H,1-2H3;3-6H,1-2H3;3-6H2,1-2H3. The Morgan fingerprint density at radius 1 is 0.500 bits per heavy atom. The first-order valence-corrected chi connectivity index (χ1v) is 21.5. The molecule has 4 aromatic carbocycles. The predicted molar refractivity (Wildman–Crippen MR) is 258 cm³/mol. The van der Waals surface area contributed by atoms with Gasteiger partial charge in [0.15, 0.2) is 5.78 Å². The number of anilines is 2. The zero-order valence-corrected chi connectivity index (χ0v) is 38.2. The van der Waals surface area contributed by atoms with E-state index in [0.29, 0.717) is 5.56 Å². The summed E-state index contributed by atoms with van der Waals surface area (Å²) in [4.78, 5) is 23.1. The van der Waals surface area contributed by atoms with Gasteiger partial charge in [-0.15, -0.1) is 6.58 Å². The van der Waals surface area contributed by atoms with E-state index in [0.717, 1.165) is 35.5 Å². The van der Waals surface area contributed by atoms with E-state index in [4.69, 9.17) is 0 Å². The average molecular weight is 787 g/mol. The number of benzene rings is 4. The van der Waals surface area contributed by atoms with E-state index in [-0.39, 0.29) is 11.7 Å². The minimum atomic E-state index is -0.123. The van der Waals surface area contributed by atoms with Crippen LogP contribution in [0.25, 0.3) is 0 Å². The lowest BCUT2D eigenvalue weighted by Crippen LogP contribution is -2.11. The molecule has 4 aromatic rings. The molecule has 0 saturated carbocycles. The molecule has 0 aliphatic heterocycles. The molecular weight excluding hydrogens is 709 g/mol. The van der Waals surface area contributed by atoms with Crippen LogP contribution in [-0.2, 0) is 6.42 Å². The second-order valence-electron chi connectivity index (χ2n) is 15.3. The van der Waals surface area contributed by atoms with E-state index in [1.54, 1.807) is 19.1 Å². The summed E-state index contributed by atoms with van der Waals surface area (Å²) in [6.07, 6.45) is 15.5. The molecule has 0 aliphatic rings. The SMILES string of the molecule is C=C(C)CCCCCCC.C=C(CC)Cc1ccc(NC(=O)c2ccc(NC(=C)C)cc2)cc1.CC(=O)c1ccc(C)cc1.CCCCCC.Cc1ccc(C)cc1. The van der Waals surface area contributed by atoms with Crippen molar-refractivity contribution in [3.8, 4) is 0 Å². The number of carbonyl (C=O) groups is 2. The van der Waals surface area contributed by atoms with Gasteiger partial charge in [0.25, 0.3) is 5.91 Å². The van der Waals surface area contributed by atoms with Crippen LogP contribution < -0.4 is 10.6 Å². The largest absolute Gasteiger partial charge is 0.360 e. The Bertz CT molecular complexity index is 1690. The van der Waals surface area contributed by atoms with E-state index < -0.39 is 0 Å². The lowest BCUT2D eigenvalue weighted by Gasteiger charge is -2.09. The molecule has 4 heteroatoms. The minimum Gasteiger partial charge on any atom is -0.360 e. The Kier molecular flexibility index (Phi) is 30.2. The number of unbranched alkanes of at least 4 members (excludes halogenated alkanes) is 7. The molecular formula is C54H78N2O2. The molecule has 0 saturated heterocycles. The summed E-state index contributed by atoms with van der Waals surface area (Å²) in [6, 6.07) is 31.3. The summed E-state index contributed by atoms with van der Waals surface area (Å²) >= 11 is 0. The Balaban J connectivity index is 0.000000791. The van der Waals surface area contributed by atoms with Crippen molar-refractivity contribution < 1.29 is 9.59 Å². The minimum absolute atomic E-state index is 0.123. The molecule has 4 nitrogen and oxygen atoms in total. The molecule has 0 spiro atoms. The molecule has 0 bridgehead atoms. The zero-order chi connectivity index (χ0) is 43.7. The number of allylic oxidation sites excluding steroid dienone is 3. The number of aryl methyl sites for hydroxylation is 3. The number of Topliss-reactive ketones (excluding diaryl/α,β-unsaturated/α-hetero) is 1. The monoisotopic (exact) mass is 787 g/mol. The third kappa shape index (κ3) is 28.4. The van der Waals surface area contributed by atoms with Gasteiger partial charge >= 0.3 is 0 Å².